The Kier molecular flexibility index (Phi) is 5.60. The first kappa shape index (κ1) is 17.1. The van der Waals surface area contributed by atoms with Crippen LogP contribution in [0.2, 0.25) is 0 Å². The minimum atomic E-state index is 0.620. The van der Waals surface area contributed by atoms with Crippen molar-refractivity contribution in [1.82, 2.24) is 14.8 Å². The Balaban J connectivity index is 1.90. The average Bonchev–Trinajstić information content (AvgIpc) is 2.96. The SMILES string of the molecule is COc1cc2c(CCN3CCNCC3)cn(CCN)c2cc1OC. The van der Waals surface area contributed by atoms with E-state index in [1.54, 1.807) is 14.2 Å². The maximum Gasteiger partial charge on any atom is 0.162 e. The molecule has 24 heavy (non-hydrogen) atoms. The summed E-state index contributed by atoms with van der Waals surface area (Å²) in [4.78, 5) is 2.52. The quantitative estimate of drug-likeness (QED) is 0.794. The van der Waals surface area contributed by atoms with Gasteiger partial charge in [0.2, 0.25) is 0 Å². The van der Waals surface area contributed by atoms with Crippen LogP contribution in [0.1, 0.15) is 5.56 Å². The Morgan fingerprint density at radius 2 is 1.79 bits per heavy atom. The summed E-state index contributed by atoms with van der Waals surface area (Å²) < 4.78 is 13.2. The average molecular weight is 332 g/mol. The number of hydrogen-bond acceptors (Lipinski definition) is 5. The fraction of sp³-hybridized carbons (Fsp3) is 0.556. The van der Waals surface area contributed by atoms with E-state index >= 15 is 0 Å². The van der Waals surface area contributed by atoms with Crippen LogP contribution in [0, 0.1) is 0 Å². The van der Waals surface area contributed by atoms with Crippen LogP contribution in [0.25, 0.3) is 10.9 Å². The van der Waals surface area contributed by atoms with Gasteiger partial charge in [-0.05, 0) is 18.1 Å². The van der Waals surface area contributed by atoms with Crippen LogP contribution in [0.3, 0.4) is 0 Å². The van der Waals surface area contributed by atoms with E-state index in [-0.39, 0.29) is 0 Å². The molecule has 1 aliphatic heterocycles. The summed E-state index contributed by atoms with van der Waals surface area (Å²) in [6, 6.07) is 4.15. The number of ether oxygens (including phenoxy) is 2. The predicted molar refractivity (Wildman–Crippen MR) is 97.1 cm³/mol. The molecule has 6 nitrogen and oxygen atoms in total. The number of nitrogens with two attached hydrogens (primary N) is 1. The van der Waals surface area contributed by atoms with Gasteiger partial charge in [-0.3, -0.25) is 0 Å². The van der Waals surface area contributed by atoms with Gasteiger partial charge in [-0.2, -0.15) is 0 Å². The molecule has 0 atom stereocenters. The van der Waals surface area contributed by atoms with Crippen molar-refractivity contribution in [2.45, 2.75) is 13.0 Å². The van der Waals surface area contributed by atoms with Crippen LogP contribution in [0.4, 0.5) is 0 Å². The molecule has 2 heterocycles. The van der Waals surface area contributed by atoms with Crippen molar-refractivity contribution in [3.05, 3.63) is 23.9 Å². The van der Waals surface area contributed by atoms with Crippen LogP contribution in [0.15, 0.2) is 18.3 Å². The number of piperazine rings is 1. The molecule has 3 rings (SSSR count). The molecule has 0 spiro atoms. The number of rotatable bonds is 7. The third-order valence-electron chi connectivity index (χ3n) is 4.75. The van der Waals surface area contributed by atoms with Gasteiger partial charge < -0.3 is 30.0 Å². The fourth-order valence-corrected chi connectivity index (χ4v) is 3.43. The molecule has 1 aliphatic rings. The maximum atomic E-state index is 5.79. The second-order valence-electron chi connectivity index (χ2n) is 6.20. The molecule has 1 fully saturated rings. The highest BCUT2D eigenvalue weighted by molar-refractivity contribution is 5.87. The van der Waals surface area contributed by atoms with Crippen molar-refractivity contribution in [1.29, 1.82) is 0 Å². The van der Waals surface area contributed by atoms with E-state index < -0.39 is 0 Å². The van der Waals surface area contributed by atoms with Crippen molar-refractivity contribution in [3.63, 3.8) is 0 Å². The van der Waals surface area contributed by atoms with Gasteiger partial charge in [0.1, 0.15) is 0 Å². The number of fused-ring (bicyclic) bond motifs is 1. The van der Waals surface area contributed by atoms with Gasteiger partial charge in [0.05, 0.1) is 19.7 Å². The van der Waals surface area contributed by atoms with Gasteiger partial charge in [0.15, 0.2) is 11.5 Å². The number of hydrogen-bond donors (Lipinski definition) is 2. The highest BCUT2D eigenvalue weighted by Gasteiger charge is 2.15. The Morgan fingerprint density at radius 1 is 1.08 bits per heavy atom. The van der Waals surface area contributed by atoms with Gasteiger partial charge in [0, 0.05) is 63.5 Å². The van der Waals surface area contributed by atoms with Crippen LogP contribution in [-0.4, -0.2) is 63.0 Å². The lowest BCUT2D eigenvalue weighted by Crippen LogP contribution is -2.44. The minimum absolute atomic E-state index is 0.620. The molecule has 0 bridgehead atoms. The summed E-state index contributed by atoms with van der Waals surface area (Å²) >= 11 is 0. The van der Waals surface area contributed by atoms with Gasteiger partial charge in [-0.25, -0.2) is 0 Å². The number of nitrogens with one attached hydrogen (secondary N) is 1. The number of aromatic nitrogens is 1. The van der Waals surface area contributed by atoms with E-state index in [4.69, 9.17) is 15.2 Å². The summed E-state index contributed by atoms with van der Waals surface area (Å²) in [5, 5.41) is 4.63. The Hall–Kier alpha value is -1.76. The molecule has 1 saturated heterocycles. The molecule has 1 aromatic heterocycles. The van der Waals surface area contributed by atoms with Crippen molar-refractivity contribution in [3.8, 4) is 11.5 Å². The molecule has 6 heteroatoms. The maximum absolute atomic E-state index is 5.79. The van der Waals surface area contributed by atoms with Crippen molar-refractivity contribution >= 4 is 10.9 Å². The number of benzene rings is 1. The zero-order chi connectivity index (χ0) is 16.9. The van der Waals surface area contributed by atoms with Crippen molar-refractivity contribution < 1.29 is 9.47 Å². The summed E-state index contributed by atoms with van der Waals surface area (Å²) in [5.41, 5.74) is 8.29. The third kappa shape index (κ3) is 3.50. The monoisotopic (exact) mass is 332 g/mol. The minimum Gasteiger partial charge on any atom is -0.493 e. The third-order valence-corrected chi connectivity index (χ3v) is 4.75. The fourth-order valence-electron chi connectivity index (χ4n) is 3.43. The zero-order valence-electron chi connectivity index (χ0n) is 14.7. The highest BCUT2D eigenvalue weighted by atomic mass is 16.5. The number of methoxy groups -OCH3 is 2. The van der Waals surface area contributed by atoms with Gasteiger partial charge in [-0.15, -0.1) is 0 Å². The Bertz CT molecular complexity index is 677. The molecule has 132 valence electrons. The molecule has 3 N–H and O–H groups in total. The topological polar surface area (TPSA) is 64.7 Å². The van der Waals surface area contributed by atoms with Gasteiger partial charge >= 0.3 is 0 Å². The van der Waals surface area contributed by atoms with Crippen LogP contribution < -0.4 is 20.5 Å². The van der Waals surface area contributed by atoms with Gasteiger partial charge in [-0.1, -0.05) is 0 Å². The van der Waals surface area contributed by atoms with E-state index in [9.17, 15) is 0 Å². The van der Waals surface area contributed by atoms with Crippen LogP contribution >= 0.6 is 0 Å². The summed E-state index contributed by atoms with van der Waals surface area (Å²) in [7, 11) is 3.35. The lowest BCUT2D eigenvalue weighted by molar-refractivity contribution is 0.244. The Labute approximate surface area is 143 Å². The first-order valence-electron chi connectivity index (χ1n) is 8.63. The Morgan fingerprint density at radius 3 is 2.46 bits per heavy atom. The molecule has 0 radical (unpaired) electrons. The first-order chi connectivity index (χ1) is 11.8. The lowest BCUT2D eigenvalue weighted by atomic mass is 10.1. The molecule has 2 aromatic rings. The summed E-state index contributed by atoms with van der Waals surface area (Å²) in [6.45, 7) is 6.92. The standard InChI is InChI=1S/C18H28N4O2/c1-23-17-11-15-14(3-7-21-9-5-20-6-10-21)13-22(8-4-19)16(15)12-18(17)24-2/h11-13,20H,3-10,19H2,1-2H3. The molecule has 1 aromatic carbocycles. The highest BCUT2D eigenvalue weighted by Crippen LogP contribution is 2.34. The predicted octanol–water partition coefficient (Wildman–Crippen LogP) is 1.06. The molecule has 0 aliphatic carbocycles. The largest absolute Gasteiger partial charge is 0.493 e. The molecular formula is C18H28N4O2. The van der Waals surface area contributed by atoms with E-state index in [0.29, 0.717) is 6.54 Å². The van der Waals surface area contributed by atoms with E-state index in [2.05, 4.69) is 33.1 Å². The summed E-state index contributed by atoms with van der Waals surface area (Å²) in [6.07, 6.45) is 3.27. The zero-order valence-corrected chi connectivity index (χ0v) is 14.7. The van der Waals surface area contributed by atoms with Crippen LogP contribution in [0.5, 0.6) is 11.5 Å². The van der Waals surface area contributed by atoms with Gasteiger partial charge in [0.25, 0.3) is 0 Å². The number of nitrogens with zero attached hydrogens (tertiary/aromatic N) is 2. The molecule has 0 amide bonds. The smallest absolute Gasteiger partial charge is 0.162 e. The van der Waals surface area contributed by atoms with Crippen LogP contribution in [-0.2, 0) is 13.0 Å². The lowest BCUT2D eigenvalue weighted by Gasteiger charge is -2.26. The normalized spacial score (nSPS) is 15.8. The first-order valence-corrected chi connectivity index (χ1v) is 8.63. The molecular weight excluding hydrogens is 304 g/mol. The van der Waals surface area contributed by atoms with Crippen molar-refractivity contribution in [2.75, 3.05) is 53.5 Å². The summed E-state index contributed by atoms with van der Waals surface area (Å²) in [5.74, 6) is 1.54. The van der Waals surface area contributed by atoms with E-state index in [1.165, 1.54) is 10.9 Å². The molecule has 0 saturated carbocycles. The van der Waals surface area contributed by atoms with Crippen molar-refractivity contribution in [2.24, 2.45) is 5.73 Å². The second kappa shape index (κ2) is 7.88. The van der Waals surface area contributed by atoms with E-state index in [0.717, 1.165) is 62.7 Å². The second-order valence-corrected chi connectivity index (χ2v) is 6.20. The molecule has 0 unspecified atom stereocenters. The van der Waals surface area contributed by atoms with E-state index in [1.807, 2.05) is 0 Å².